The molecular weight excluding hydrogens is 329 g/mol. The fourth-order valence-corrected chi connectivity index (χ4v) is 2.65. The first-order valence-electron chi connectivity index (χ1n) is 7.96. The van der Waals surface area contributed by atoms with Crippen LogP contribution in [0.4, 0.5) is 4.39 Å². The summed E-state index contributed by atoms with van der Waals surface area (Å²) in [5, 5.41) is 0. The number of ether oxygens (including phenoxy) is 1. The van der Waals surface area contributed by atoms with Crippen LogP contribution in [0.5, 0.6) is 6.01 Å². The Labute approximate surface area is 143 Å². The molecule has 1 aliphatic heterocycles. The van der Waals surface area contributed by atoms with Gasteiger partial charge >= 0.3 is 6.01 Å². The van der Waals surface area contributed by atoms with Crippen LogP contribution in [0.15, 0.2) is 29.6 Å². The third kappa shape index (κ3) is 4.37. The topological polar surface area (TPSA) is 90.2 Å². The monoisotopic (exact) mass is 347 g/mol. The van der Waals surface area contributed by atoms with E-state index in [1.807, 2.05) is 0 Å². The second kappa shape index (κ2) is 7.37. The maximum absolute atomic E-state index is 12.8. The second-order valence-corrected chi connectivity index (χ2v) is 5.90. The standard InChI is InChI=1S/C16H18FN5O3/c1-11-5-14(23)22(10-20-11)9-15(24)21-4-2-3-13(8-21)25-16-18-6-12(17)7-19-16/h5-7,10,13H,2-4,8-9H2,1H3. The summed E-state index contributed by atoms with van der Waals surface area (Å²) in [5.41, 5.74) is 0.352. The van der Waals surface area contributed by atoms with Crippen LogP contribution < -0.4 is 10.3 Å². The molecule has 0 aliphatic carbocycles. The Bertz CT molecular complexity index is 808. The van der Waals surface area contributed by atoms with Crippen molar-refractivity contribution in [3.63, 3.8) is 0 Å². The molecular formula is C16H18FN5O3. The predicted octanol–water partition coefficient (Wildman–Crippen LogP) is 0.551. The summed E-state index contributed by atoms with van der Waals surface area (Å²) in [6.45, 7) is 2.62. The van der Waals surface area contributed by atoms with Crippen LogP contribution in [0, 0.1) is 12.7 Å². The van der Waals surface area contributed by atoms with Crippen molar-refractivity contribution in [2.75, 3.05) is 13.1 Å². The van der Waals surface area contributed by atoms with Gasteiger partial charge in [0.2, 0.25) is 5.91 Å². The van der Waals surface area contributed by atoms with E-state index in [2.05, 4.69) is 15.0 Å². The maximum Gasteiger partial charge on any atom is 0.316 e. The highest BCUT2D eigenvalue weighted by Gasteiger charge is 2.25. The number of piperidine rings is 1. The summed E-state index contributed by atoms with van der Waals surface area (Å²) < 4.78 is 19.7. The first-order valence-corrected chi connectivity index (χ1v) is 7.96. The Kier molecular flexibility index (Phi) is 5.01. The van der Waals surface area contributed by atoms with Gasteiger partial charge in [-0.1, -0.05) is 0 Å². The number of likely N-dealkylation sites (tertiary alicyclic amines) is 1. The molecule has 8 nitrogen and oxygen atoms in total. The van der Waals surface area contributed by atoms with E-state index in [9.17, 15) is 14.0 Å². The minimum absolute atomic E-state index is 0.0636. The Hall–Kier alpha value is -2.84. The normalized spacial score (nSPS) is 17.4. The predicted molar refractivity (Wildman–Crippen MR) is 85.5 cm³/mol. The SMILES string of the molecule is Cc1cc(=O)n(CC(=O)N2CCCC(Oc3ncc(F)cn3)C2)cn1. The van der Waals surface area contributed by atoms with Crippen LogP contribution in [-0.2, 0) is 11.3 Å². The molecule has 1 unspecified atom stereocenters. The van der Waals surface area contributed by atoms with Gasteiger partial charge in [0, 0.05) is 18.3 Å². The van der Waals surface area contributed by atoms with Crippen LogP contribution in [0.1, 0.15) is 18.5 Å². The Morgan fingerprint density at radius 3 is 2.84 bits per heavy atom. The van der Waals surface area contributed by atoms with Gasteiger partial charge in [-0.05, 0) is 19.8 Å². The number of carbonyl (C=O) groups is 1. The van der Waals surface area contributed by atoms with Gasteiger partial charge in [0.15, 0.2) is 5.82 Å². The van der Waals surface area contributed by atoms with Crippen LogP contribution in [0.25, 0.3) is 0 Å². The Morgan fingerprint density at radius 1 is 1.36 bits per heavy atom. The highest BCUT2D eigenvalue weighted by molar-refractivity contribution is 5.76. The van der Waals surface area contributed by atoms with Crippen molar-refractivity contribution < 1.29 is 13.9 Å². The summed E-state index contributed by atoms with van der Waals surface area (Å²) >= 11 is 0. The highest BCUT2D eigenvalue weighted by Crippen LogP contribution is 2.15. The van der Waals surface area contributed by atoms with E-state index < -0.39 is 5.82 Å². The van der Waals surface area contributed by atoms with Crippen LogP contribution >= 0.6 is 0 Å². The van der Waals surface area contributed by atoms with E-state index in [4.69, 9.17) is 4.74 Å². The van der Waals surface area contributed by atoms with Gasteiger partial charge in [0.25, 0.3) is 5.56 Å². The van der Waals surface area contributed by atoms with E-state index in [1.54, 1.807) is 11.8 Å². The fraction of sp³-hybridized carbons (Fsp3) is 0.438. The number of halogens is 1. The molecule has 1 aliphatic rings. The smallest absolute Gasteiger partial charge is 0.316 e. The molecule has 3 heterocycles. The van der Waals surface area contributed by atoms with Crippen molar-refractivity contribution >= 4 is 5.91 Å². The molecule has 1 atom stereocenters. The van der Waals surface area contributed by atoms with Gasteiger partial charge in [0.05, 0.1) is 25.3 Å². The number of hydrogen-bond donors (Lipinski definition) is 0. The lowest BCUT2D eigenvalue weighted by molar-refractivity contribution is -0.134. The summed E-state index contributed by atoms with van der Waals surface area (Å²) in [6.07, 6.45) is 4.68. The third-order valence-electron chi connectivity index (χ3n) is 3.92. The van der Waals surface area contributed by atoms with Crippen molar-refractivity contribution in [3.8, 4) is 6.01 Å². The van der Waals surface area contributed by atoms with Crippen molar-refractivity contribution in [1.82, 2.24) is 24.4 Å². The maximum atomic E-state index is 12.8. The van der Waals surface area contributed by atoms with E-state index in [1.165, 1.54) is 17.0 Å². The van der Waals surface area contributed by atoms with Gasteiger partial charge in [-0.25, -0.2) is 19.3 Å². The molecule has 0 saturated carbocycles. The average Bonchev–Trinajstić information content (AvgIpc) is 2.60. The first-order chi connectivity index (χ1) is 12.0. The molecule has 0 aromatic carbocycles. The van der Waals surface area contributed by atoms with Gasteiger partial charge in [-0.2, -0.15) is 0 Å². The third-order valence-corrected chi connectivity index (χ3v) is 3.92. The number of aromatic nitrogens is 4. The van der Waals surface area contributed by atoms with Crippen molar-refractivity contribution in [1.29, 1.82) is 0 Å². The Balaban J connectivity index is 1.61. The van der Waals surface area contributed by atoms with Gasteiger partial charge in [-0.3, -0.25) is 14.2 Å². The zero-order valence-electron chi connectivity index (χ0n) is 13.8. The molecule has 25 heavy (non-hydrogen) atoms. The lowest BCUT2D eigenvalue weighted by atomic mass is 10.1. The quantitative estimate of drug-likeness (QED) is 0.802. The number of rotatable bonds is 4. The molecule has 132 valence electrons. The van der Waals surface area contributed by atoms with Crippen molar-refractivity contribution in [2.45, 2.75) is 32.4 Å². The molecule has 2 aromatic heterocycles. The number of carbonyl (C=O) groups excluding carboxylic acids is 1. The van der Waals surface area contributed by atoms with E-state index in [0.29, 0.717) is 18.8 Å². The Morgan fingerprint density at radius 2 is 2.12 bits per heavy atom. The fourth-order valence-electron chi connectivity index (χ4n) is 2.65. The lowest BCUT2D eigenvalue weighted by Crippen LogP contribution is -2.46. The summed E-state index contributed by atoms with van der Waals surface area (Å²) in [7, 11) is 0. The molecule has 0 radical (unpaired) electrons. The van der Waals surface area contributed by atoms with Crippen LogP contribution in [-0.4, -0.2) is 49.5 Å². The van der Waals surface area contributed by atoms with E-state index in [0.717, 1.165) is 25.2 Å². The number of nitrogens with zero attached hydrogens (tertiary/aromatic N) is 5. The van der Waals surface area contributed by atoms with Gasteiger partial charge < -0.3 is 9.64 Å². The molecule has 0 N–H and O–H groups in total. The van der Waals surface area contributed by atoms with E-state index in [-0.39, 0.29) is 30.1 Å². The highest BCUT2D eigenvalue weighted by atomic mass is 19.1. The summed E-state index contributed by atoms with van der Waals surface area (Å²) in [5.74, 6) is -0.717. The minimum atomic E-state index is -0.537. The van der Waals surface area contributed by atoms with Crippen molar-refractivity contribution in [2.24, 2.45) is 0 Å². The molecule has 0 spiro atoms. The van der Waals surface area contributed by atoms with Gasteiger partial charge in [-0.15, -0.1) is 0 Å². The number of hydrogen-bond acceptors (Lipinski definition) is 6. The van der Waals surface area contributed by atoms with E-state index >= 15 is 0 Å². The summed E-state index contributed by atoms with van der Waals surface area (Å²) in [6, 6.07) is 1.47. The molecule has 2 aromatic rings. The van der Waals surface area contributed by atoms with Crippen LogP contribution in [0.3, 0.4) is 0 Å². The lowest BCUT2D eigenvalue weighted by Gasteiger charge is -2.32. The zero-order chi connectivity index (χ0) is 17.8. The molecule has 1 amide bonds. The second-order valence-electron chi connectivity index (χ2n) is 5.90. The summed E-state index contributed by atoms with van der Waals surface area (Å²) in [4.78, 5) is 37.5. The minimum Gasteiger partial charge on any atom is -0.458 e. The molecule has 3 rings (SSSR count). The van der Waals surface area contributed by atoms with Crippen LogP contribution in [0.2, 0.25) is 0 Å². The largest absolute Gasteiger partial charge is 0.458 e. The number of aryl methyl sites for hydroxylation is 1. The zero-order valence-corrected chi connectivity index (χ0v) is 13.8. The van der Waals surface area contributed by atoms with Crippen molar-refractivity contribution in [3.05, 3.63) is 46.7 Å². The molecule has 1 saturated heterocycles. The molecule has 0 bridgehead atoms. The molecule has 9 heteroatoms. The number of amides is 1. The first kappa shape index (κ1) is 17.0. The van der Waals surface area contributed by atoms with Gasteiger partial charge in [0.1, 0.15) is 12.6 Å². The molecule has 1 fully saturated rings. The average molecular weight is 347 g/mol.